The third-order valence-corrected chi connectivity index (χ3v) is 3.95. The van der Waals surface area contributed by atoms with Crippen molar-refractivity contribution in [3.8, 4) is 11.5 Å². The van der Waals surface area contributed by atoms with E-state index in [1.807, 2.05) is 48.5 Å². The van der Waals surface area contributed by atoms with Gasteiger partial charge >= 0.3 is 6.03 Å². The molecule has 1 heterocycles. The number of hydrogen-bond donors (Lipinski definition) is 2. The van der Waals surface area contributed by atoms with Crippen LogP contribution in [0.15, 0.2) is 54.6 Å². The van der Waals surface area contributed by atoms with Crippen LogP contribution in [0.25, 0.3) is 0 Å². The maximum atomic E-state index is 12.4. The van der Waals surface area contributed by atoms with Gasteiger partial charge in [0.15, 0.2) is 5.75 Å². The molecule has 0 unspecified atom stereocenters. The summed E-state index contributed by atoms with van der Waals surface area (Å²) >= 11 is 0. The van der Waals surface area contributed by atoms with Crippen molar-refractivity contribution in [2.75, 3.05) is 18.5 Å². The maximum absolute atomic E-state index is 12.4. The number of amides is 2. The highest BCUT2D eigenvalue weighted by atomic mass is 16.5. The summed E-state index contributed by atoms with van der Waals surface area (Å²) in [5.41, 5.74) is 0.616. The van der Waals surface area contributed by atoms with E-state index in [-0.39, 0.29) is 18.7 Å². The monoisotopic (exact) mass is 312 g/mol. The minimum Gasteiger partial charge on any atom is -0.455 e. The zero-order chi connectivity index (χ0) is 16.1. The highest BCUT2D eigenvalue weighted by molar-refractivity contribution is 5.91. The Hall–Kier alpha value is -2.53. The average molecular weight is 312 g/mol. The second-order valence-corrected chi connectivity index (χ2v) is 5.51. The Balaban J connectivity index is 1.74. The lowest BCUT2D eigenvalue weighted by Gasteiger charge is -2.24. The molecule has 0 aliphatic carbocycles. The van der Waals surface area contributed by atoms with Crippen molar-refractivity contribution in [1.82, 2.24) is 4.90 Å². The molecule has 2 N–H and O–H groups in total. The topological polar surface area (TPSA) is 61.8 Å². The van der Waals surface area contributed by atoms with Crippen molar-refractivity contribution < 1.29 is 14.6 Å². The van der Waals surface area contributed by atoms with Gasteiger partial charge in [-0.25, -0.2) is 4.79 Å². The number of hydrogen-bond acceptors (Lipinski definition) is 3. The number of aliphatic hydroxyl groups excluding tert-OH is 1. The van der Waals surface area contributed by atoms with E-state index in [0.29, 0.717) is 23.7 Å². The van der Waals surface area contributed by atoms with Crippen LogP contribution < -0.4 is 10.1 Å². The number of para-hydroxylation sites is 3. The van der Waals surface area contributed by atoms with Crippen molar-refractivity contribution in [1.29, 1.82) is 0 Å². The van der Waals surface area contributed by atoms with E-state index in [4.69, 9.17) is 4.74 Å². The molecular formula is C18H20N2O3. The molecule has 2 aromatic rings. The molecule has 2 amide bonds. The molecule has 1 aliphatic heterocycles. The summed E-state index contributed by atoms with van der Waals surface area (Å²) in [5.74, 6) is 1.30. The second kappa shape index (κ2) is 7.15. The molecule has 5 nitrogen and oxygen atoms in total. The molecule has 1 aliphatic rings. The zero-order valence-electron chi connectivity index (χ0n) is 12.8. The normalized spacial score (nSPS) is 17.1. The fourth-order valence-corrected chi connectivity index (χ4v) is 2.75. The molecule has 1 atom stereocenters. The van der Waals surface area contributed by atoms with Gasteiger partial charge in [-0.05, 0) is 37.1 Å². The summed E-state index contributed by atoms with van der Waals surface area (Å²) in [6.45, 7) is 0.661. The molecule has 3 rings (SSSR count). The number of rotatable bonds is 4. The number of nitrogens with zero attached hydrogens (tertiary/aromatic N) is 1. The molecule has 0 bridgehead atoms. The van der Waals surface area contributed by atoms with Crippen molar-refractivity contribution in [2.24, 2.45) is 0 Å². The minimum absolute atomic E-state index is 0.00438. The highest BCUT2D eigenvalue weighted by Crippen LogP contribution is 2.30. The Labute approximate surface area is 135 Å². The minimum atomic E-state index is -0.203. The molecule has 0 radical (unpaired) electrons. The zero-order valence-corrected chi connectivity index (χ0v) is 12.8. The van der Waals surface area contributed by atoms with E-state index in [1.54, 1.807) is 11.0 Å². The molecule has 1 fully saturated rings. The van der Waals surface area contributed by atoms with Crippen molar-refractivity contribution in [2.45, 2.75) is 18.9 Å². The summed E-state index contributed by atoms with van der Waals surface area (Å²) in [7, 11) is 0. The van der Waals surface area contributed by atoms with Gasteiger partial charge in [0.05, 0.1) is 18.3 Å². The molecule has 1 saturated heterocycles. The number of likely N-dealkylation sites (tertiary alicyclic amines) is 1. The van der Waals surface area contributed by atoms with Crippen molar-refractivity contribution >= 4 is 11.7 Å². The van der Waals surface area contributed by atoms with Crippen LogP contribution in [0.1, 0.15) is 12.8 Å². The van der Waals surface area contributed by atoms with Crippen molar-refractivity contribution in [3.63, 3.8) is 0 Å². The number of benzene rings is 2. The Kier molecular flexibility index (Phi) is 4.78. The third-order valence-electron chi connectivity index (χ3n) is 3.95. The lowest BCUT2D eigenvalue weighted by molar-refractivity contribution is 0.166. The van der Waals surface area contributed by atoms with Gasteiger partial charge in [0.2, 0.25) is 0 Å². The van der Waals surface area contributed by atoms with E-state index < -0.39 is 0 Å². The number of anilines is 1. The lowest BCUT2D eigenvalue weighted by atomic mass is 10.2. The summed E-state index contributed by atoms with van der Waals surface area (Å²) in [6, 6.07) is 16.5. The molecule has 0 spiro atoms. The Morgan fingerprint density at radius 2 is 1.91 bits per heavy atom. The number of nitrogens with one attached hydrogen (secondary N) is 1. The highest BCUT2D eigenvalue weighted by Gasteiger charge is 2.28. The van der Waals surface area contributed by atoms with Gasteiger partial charge in [-0.1, -0.05) is 30.3 Å². The Bertz CT molecular complexity index is 660. The van der Waals surface area contributed by atoms with Crippen LogP contribution in [0.5, 0.6) is 11.5 Å². The van der Waals surface area contributed by atoms with Crippen LogP contribution in [0.3, 0.4) is 0 Å². The van der Waals surface area contributed by atoms with Gasteiger partial charge < -0.3 is 20.1 Å². The summed E-state index contributed by atoms with van der Waals surface area (Å²) in [4.78, 5) is 14.1. The number of aliphatic hydroxyl groups is 1. The molecule has 0 saturated carbocycles. The van der Waals surface area contributed by atoms with E-state index in [9.17, 15) is 9.90 Å². The number of carbonyl (C=O) groups excluding carboxylic acids is 1. The molecule has 2 aromatic carbocycles. The quantitative estimate of drug-likeness (QED) is 0.908. The molecular weight excluding hydrogens is 292 g/mol. The van der Waals surface area contributed by atoms with Crippen molar-refractivity contribution in [3.05, 3.63) is 54.6 Å². The van der Waals surface area contributed by atoms with Gasteiger partial charge in [0.25, 0.3) is 0 Å². The smallest absolute Gasteiger partial charge is 0.322 e. The van der Waals surface area contributed by atoms with Crippen LogP contribution in [0.4, 0.5) is 10.5 Å². The Morgan fingerprint density at radius 3 is 2.70 bits per heavy atom. The fourth-order valence-electron chi connectivity index (χ4n) is 2.75. The summed E-state index contributed by atoms with van der Waals surface area (Å²) in [5, 5.41) is 12.2. The first-order valence-electron chi connectivity index (χ1n) is 7.78. The van der Waals surface area contributed by atoms with Gasteiger partial charge in [0, 0.05) is 6.54 Å². The Morgan fingerprint density at radius 1 is 1.17 bits per heavy atom. The first-order valence-corrected chi connectivity index (χ1v) is 7.78. The molecule has 0 aromatic heterocycles. The second-order valence-electron chi connectivity index (χ2n) is 5.51. The van der Waals surface area contributed by atoms with Gasteiger partial charge in [0.1, 0.15) is 5.75 Å². The third kappa shape index (κ3) is 3.63. The molecule has 120 valence electrons. The summed E-state index contributed by atoms with van der Waals surface area (Å²) in [6.07, 6.45) is 1.76. The van der Waals surface area contributed by atoms with Crippen LogP contribution in [-0.2, 0) is 0 Å². The van der Waals surface area contributed by atoms with Crippen LogP contribution in [0.2, 0.25) is 0 Å². The number of urea groups is 1. The van der Waals surface area contributed by atoms with Gasteiger partial charge in [-0.2, -0.15) is 0 Å². The average Bonchev–Trinajstić information content (AvgIpc) is 3.06. The maximum Gasteiger partial charge on any atom is 0.322 e. The molecule has 23 heavy (non-hydrogen) atoms. The van der Waals surface area contributed by atoms with E-state index in [0.717, 1.165) is 12.8 Å². The number of ether oxygens (including phenoxy) is 1. The summed E-state index contributed by atoms with van der Waals surface area (Å²) < 4.78 is 5.84. The SMILES string of the molecule is O=C(Nc1ccccc1Oc1ccccc1)N1CCC[C@H]1CO. The van der Waals surface area contributed by atoms with Crippen LogP contribution in [-0.4, -0.2) is 35.2 Å². The standard InChI is InChI=1S/C18H20N2O3/c21-13-14-7-6-12-20(14)18(22)19-16-10-4-5-11-17(16)23-15-8-2-1-3-9-15/h1-5,8-11,14,21H,6-7,12-13H2,(H,19,22)/t14-/m0/s1. The van der Waals surface area contributed by atoms with E-state index in [2.05, 4.69) is 5.32 Å². The lowest BCUT2D eigenvalue weighted by Crippen LogP contribution is -2.40. The first-order chi connectivity index (χ1) is 11.3. The van der Waals surface area contributed by atoms with E-state index in [1.165, 1.54) is 0 Å². The van der Waals surface area contributed by atoms with Gasteiger partial charge in [-0.3, -0.25) is 0 Å². The van der Waals surface area contributed by atoms with Crippen LogP contribution >= 0.6 is 0 Å². The van der Waals surface area contributed by atoms with E-state index >= 15 is 0 Å². The van der Waals surface area contributed by atoms with Crippen LogP contribution in [0, 0.1) is 0 Å². The predicted molar refractivity (Wildman–Crippen MR) is 88.8 cm³/mol. The van der Waals surface area contributed by atoms with Gasteiger partial charge in [-0.15, -0.1) is 0 Å². The number of carbonyl (C=O) groups is 1. The largest absolute Gasteiger partial charge is 0.455 e. The predicted octanol–water partition coefficient (Wildman–Crippen LogP) is 3.47. The molecule has 5 heteroatoms. The first kappa shape index (κ1) is 15.4. The fraction of sp³-hybridized carbons (Fsp3) is 0.278.